The second-order valence-electron chi connectivity index (χ2n) is 5.82. The molecule has 2 N–H and O–H groups in total. The van der Waals surface area contributed by atoms with Crippen LogP contribution in [0.15, 0.2) is 53.4 Å². The van der Waals surface area contributed by atoms with Crippen molar-refractivity contribution in [2.75, 3.05) is 19.0 Å². The van der Waals surface area contributed by atoms with Gasteiger partial charge in [-0.15, -0.1) is 0 Å². The number of anilines is 1. The van der Waals surface area contributed by atoms with Crippen molar-refractivity contribution in [1.29, 1.82) is 0 Å². The Morgan fingerprint density at radius 2 is 1.69 bits per heavy atom. The van der Waals surface area contributed by atoms with Gasteiger partial charge in [0.1, 0.15) is 5.75 Å². The number of nitrogens with one attached hydrogen (secondary N) is 2. The van der Waals surface area contributed by atoms with E-state index in [1.165, 1.54) is 12.1 Å². The van der Waals surface area contributed by atoms with Crippen molar-refractivity contribution < 1.29 is 17.9 Å². The third kappa shape index (κ3) is 5.86. The molecule has 0 heterocycles. The molecule has 0 saturated carbocycles. The van der Waals surface area contributed by atoms with Crippen molar-refractivity contribution in [3.05, 3.63) is 54.1 Å². The van der Waals surface area contributed by atoms with Crippen LogP contribution >= 0.6 is 0 Å². The molecule has 0 spiro atoms. The Morgan fingerprint density at radius 1 is 1.04 bits per heavy atom. The number of rotatable bonds is 9. The van der Waals surface area contributed by atoms with Gasteiger partial charge in [0.05, 0.1) is 12.0 Å². The fourth-order valence-corrected chi connectivity index (χ4v) is 3.44. The number of aryl methyl sites for hydroxylation is 1. The second-order valence-corrected chi connectivity index (χ2v) is 7.59. The number of hydrogen-bond donors (Lipinski definition) is 2. The first-order valence-corrected chi connectivity index (χ1v) is 9.95. The maximum Gasteiger partial charge on any atom is 0.240 e. The minimum absolute atomic E-state index is 0.125. The highest BCUT2D eigenvalue weighted by Crippen LogP contribution is 2.15. The zero-order chi connectivity index (χ0) is 19.0. The number of benzene rings is 2. The Morgan fingerprint density at radius 3 is 2.27 bits per heavy atom. The molecule has 7 heteroatoms. The molecule has 0 atom stereocenters. The summed E-state index contributed by atoms with van der Waals surface area (Å²) in [5.74, 6) is 0.655. The second kappa shape index (κ2) is 9.35. The van der Waals surface area contributed by atoms with Gasteiger partial charge < -0.3 is 10.1 Å². The zero-order valence-electron chi connectivity index (χ0n) is 15.0. The van der Waals surface area contributed by atoms with E-state index >= 15 is 0 Å². The molecule has 2 aromatic rings. The van der Waals surface area contributed by atoms with Gasteiger partial charge >= 0.3 is 0 Å². The fourth-order valence-electron chi connectivity index (χ4n) is 2.31. The average molecular weight is 376 g/mol. The summed E-state index contributed by atoms with van der Waals surface area (Å²) < 4.78 is 31.7. The number of hydrogen-bond acceptors (Lipinski definition) is 4. The van der Waals surface area contributed by atoms with E-state index in [4.69, 9.17) is 4.74 Å². The predicted octanol–water partition coefficient (Wildman–Crippen LogP) is 2.95. The Balaban J connectivity index is 1.88. The largest absolute Gasteiger partial charge is 0.497 e. The minimum atomic E-state index is -3.49. The van der Waals surface area contributed by atoms with Crippen LogP contribution in [-0.4, -0.2) is 28.0 Å². The molecule has 0 aliphatic heterocycles. The monoisotopic (exact) mass is 376 g/mol. The molecule has 0 aromatic heterocycles. The van der Waals surface area contributed by atoms with Crippen LogP contribution in [0.1, 0.15) is 25.3 Å². The average Bonchev–Trinajstić information content (AvgIpc) is 2.65. The van der Waals surface area contributed by atoms with Crippen LogP contribution in [0.3, 0.4) is 0 Å². The molecule has 0 unspecified atom stereocenters. The molecule has 2 aromatic carbocycles. The van der Waals surface area contributed by atoms with Gasteiger partial charge in [-0.1, -0.05) is 19.1 Å². The van der Waals surface area contributed by atoms with Gasteiger partial charge in [0.25, 0.3) is 0 Å². The molecule has 0 fully saturated rings. The maximum atomic E-state index is 12.1. The molecule has 0 saturated heterocycles. The lowest BCUT2D eigenvalue weighted by atomic mass is 10.1. The number of amides is 1. The van der Waals surface area contributed by atoms with E-state index in [1.807, 2.05) is 31.2 Å². The van der Waals surface area contributed by atoms with Crippen molar-refractivity contribution in [2.45, 2.75) is 31.1 Å². The molecular formula is C19H24N2O4S. The molecule has 0 bridgehead atoms. The van der Waals surface area contributed by atoms with Crippen LogP contribution in [0.4, 0.5) is 5.69 Å². The topological polar surface area (TPSA) is 84.5 Å². The third-order valence-corrected chi connectivity index (χ3v) is 5.27. The first kappa shape index (κ1) is 19.9. The van der Waals surface area contributed by atoms with Gasteiger partial charge in [-0.3, -0.25) is 4.79 Å². The highest BCUT2D eigenvalue weighted by Gasteiger charge is 2.13. The summed E-state index contributed by atoms with van der Waals surface area (Å²) in [7, 11) is -1.88. The third-order valence-electron chi connectivity index (χ3n) is 3.79. The van der Waals surface area contributed by atoms with Gasteiger partial charge in [-0.25, -0.2) is 13.1 Å². The predicted molar refractivity (Wildman–Crippen MR) is 102 cm³/mol. The van der Waals surface area contributed by atoms with Crippen molar-refractivity contribution in [2.24, 2.45) is 0 Å². The molecule has 0 radical (unpaired) electrons. The van der Waals surface area contributed by atoms with Gasteiger partial charge in [0.15, 0.2) is 0 Å². The molecular weight excluding hydrogens is 352 g/mol. The molecule has 6 nitrogen and oxygen atoms in total. The van der Waals surface area contributed by atoms with Gasteiger partial charge in [-0.2, -0.15) is 0 Å². The van der Waals surface area contributed by atoms with E-state index in [2.05, 4.69) is 10.0 Å². The summed E-state index contributed by atoms with van der Waals surface area (Å²) in [4.78, 5) is 12.2. The minimum Gasteiger partial charge on any atom is -0.497 e. The smallest absolute Gasteiger partial charge is 0.240 e. The molecule has 26 heavy (non-hydrogen) atoms. The van der Waals surface area contributed by atoms with Crippen molar-refractivity contribution in [1.82, 2.24) is 4.72 Å². The summed E-state index contributed by atoms with van der Waals surface area (Å²) in [6.45, 7) is 2.29. The van der Waals surface area contributed by atoms with Crippen LogP contribution in [0.5, 0.6) is 5.75 Å². The summed E-state index contributed by atoms with van der Waals surface area (Å²) in [5, 5.41) is 2.78. The number of ether oxygens (including phenoxy) is 1. The summed E-state index contributed by atoms with van der Waals surface area (Å²) in [5.41, 5.74) is 1.61. The Labute approximate surface area is 154 Å². The van der Waals surface area contributed by atoms with Gasteiger partial charge in [0.2, 0.25) is 15.9 Å². The Hall–Kier alpha value is -2.38. The van der Waals surface area contributed by atoms with Crippen molar-refractivity contribution in [3.8, 4) is 5.75 Å². The first-order chi connectivity index (χ1) is 12.4. The zero-order valence-corrected chi connectivity index (χ0v) is 15.8. The fraction of sp³-hybridized carbons (Fsp3) is 0.316. The molecule has 140 valence electrons. The molecule has 1 amide bonds. The standard InChI is InChI=1S/C19H24N2O4S/c1-3-14-20-26(23,24)18-11-7-16(8-12-18)21-19(22)13-6-15-4-9-17(25-2)10-5-15/h4-5,7-12,20H,3,6,13-14H2,1-2H3,(H,21,22). The lowest BCUT2D eigenvalue weighted by Gasteiger charge is -2.08. The molecule has 0 aliphatic rings. The van der Waals surface area contributed by atoms with Crippen LogP contribution in [0.25, 0.3) is 0 Å². The highest BCUT2D eigenvalue weighted by molar-refractivity contribution is 7.89. The van der Waals surface area contributed by atoms with Crippen LogP contribution in [-0.2, 0) is 21.2 Å². The van der Waals surface area contributed by atoms with E-state index in [1.54, 1.807) is 19.2 Å². The lowest BCUT2D eigenvalue weighted by molar-refractivity contribution is -0.116. The van der Waals surface area contributed by atoms with E-state index < -0.39 is 10.0 Å². The van der Waals surface area contributed by atoms with Gasteiger partial charge in [-0.05, 0) is 54.8 Å². The normalized spacial score (nSPS) is 11.2. The van der Waals surface area contributed by atoms with Crippen molar-refractivity contribution >= 4 is 21.6 Å². The SMILES string of the molecule is CCCNS(=O)(=O)c1ccc(NC(=O)CCc2ccc(OC)cc2)cc1. The van der Waals surface area contributed by atoms with Crippen LogP contribution in [0.2, 0.25) is 0 Å². The number of carbonyl (C=O) groups excluding carboxylic acids is 1. The number of methoxy groups -OCH3 is 1. The number of carbonyl (C=O) groups is 1. The highest BCUT2D eigenvalue weighted by atomic mass is 32.2. The summed E-state index contributed by atoms with van der Waals surface area (Å²) in [6, 6.07) is 13.7. The number of sulfonamides is 1. The van der Waals surface area contributed by atoms with E-state index in [9.17, 15) is 13.2 Å². The van der Waals surface area contributed by atoms with Gasteiger partial charge in [0, 0.05) is 18.7 Å². The molecule has 2 rings (SSSR count). The van der Waals surface area contributed by atoms with E-state index in [-0.39, 0.29) is 10.8 Å². The maximum absolute atomic E-state index is 12.1. The Bertz CT molecular complexity index is 816. The lowest BCUT2D eigenvalue weighted by Crippen LogP contribution is -2.24. The summed E-state index contributed by atoms with van der Waals surface area (Å²) >= 11 is 0. The van der Waals surface area contributed by atoms with Crippen LogP contribution < -0.4 is 14.8 Å². The Kier molecular flexibility index (Phi) is 7.17. The van der Waals surface area contributed by atoms with E-state index in [0.29, 0.717) is 25.1 Å². The quantitative estimate of drug-likeness (QED) is 0.705. The van der Waals surface area contributed by atoms with E-state index in [0.717, 1.165) is 17.7 Å². The van der Waals surface area contributed by atoms with Crippen molar-refractivity contribution in [3.63, 3.8) is 0 Å². The summed E-state index contributed by atoms with van der Waals surface area (Å²) in [6.07, 6.45) is 1.68. The molecule has 0 aliphatic carbocycles. The first-order valence-electron chi connectivity index (χ1n) is 8.47. The van der Waals surface area contributed by atoms with Crippen LogP contribution in [0, 0.1) is 0 Å².